The zero-order valence-corrected chi connectivity index (χ0v) is 10.3. The van der Waals surface area contributed by atoms with Crippen molar-refractivity contribution in [1.82, 2.24) is 4.90 Å². The molecule has 0 unspecified atom stereocenters. The monoisotopic (exact) mass is 243 g/mol. The molecule has 17 heavy (non-hydrogen) atoms. The van der Waals surface area contributed by atoms with E-state index in [4.69, 9.17) is 5.11 Å². The van der Waals surface area contributed by atoms with Crippen LogP contribution in [0.2, 0.25) is 0 Å². The van der Waals surface area contributed by atoms with Crippen molar-refractivity contribution in [2.45, 2.75) is 39.0 Å². The number of carboxylic acids is 1. The average Bonchev–Trinajstić information content (AvgIpc) is 2.75. The van der Waals surface area contributed by atoms with Crippen LogP contribution in [0.15, 0.2) is 0 Å². The van der Waals surface area contributed by atoms with Crippen LogP contribution in [0.3, 0.4) is 0 Å². The van der Waals surface area contributed by atoms with Gasteiger partial charge >= 0.3 is 5.97 Å². The lowest BCUT2D eigenvalue weighted by atomic mass is 9.82. The molecule has 0 radical (unpaired) electrons. The Morgan fingerprint density at radius 1 is 1.29 bits per heavy atom. The average molecular weight is 243 g/mol. The molecule has 0 bridgehead atoms. The van der Waals surface area contributed by atoms with Gasteiger partial charge in [0.1, 0.15) is 0 Å². The minimum atomic E-state index is -0.861. The van der Waals surface area contributed by atoms with Gasteiger partial charge < -0.3 is 15.1 Å². The zero-order chi connectivity index (χ0) is 12.9. The zero-order valence-electron chi connectivity index (χ0n) is 10.3. The van der Waals surface area contributed by atoms with E-state index in [0.29, 0.717) is 19.4 Å². The van der Waals surface area contributed by atoms with E-state index in [9.17, 15) is 14.7 Å². The lowest BCUT2D eigenvalue weighted by molar-refractivity contribution is -0.153. The number of aliphatic hydroxyl groups is 1. The number of carbonyl (C=O) groups excluding carboxylic acids is 1. The summed E-state index contributed by atoms with van der Waals surface area (Å²) in [6, 6.07) is 0. The van der Waals surface area contributed by atoms with Gasteiger partial charge in [-0.15, -0.1) is 0 Å². The first-order chi connectivity index (χ1) is 8.05. The second kappa shape index (κ2) is 6.00. The fourth-order valence-electron chi connectivity index (χ4n) is 2.50. The van der Waals surface area contributed by atoms with Crippen molar-refractivity contribution in [1.29, 1.82) is 0 Å². The van der Waals surface area contributed by atoms with Crippen molar-refractivity contribution in [2.75, 3.05) is 19.7 Å². The Morgan fingerprint density at radius 3 is 2.29 bits per heavy atom. The van der Waals surface area contributed by atoms with Gasteiger partial charge in [0, 0.05) is 19.5 Å². The third-order valence-electron chi connectivity index (χ3n) is 3.61. The van der Waals surface area contributed by atoms with Crippen molar-refractivity contribution >= 4 is 11.9 Å². The van der Waals surface area contributed by atoms with Crippen LogP contribution in [0.1, 0.15) is 39.0 Å². The minimum absolute atomic E-state index is 0.0656. The van der Waals surface area contributed by atoms with E-state index in [0.717, 1.165) is 12.8 Å². The Balaban J connectivity index is 2.67. The van der Waals surface area contributed by atoms with Gasteiger partial charge in [-0.05, 0) is 19.8 Å². The van der Waals surface area contributed by atoms with Crippen molar-refractivity contribution in [3.8, 4) is 0 Å². The highest BCUT2D eigenvalue weighted by Crippen LogP contribution is 2.41. The second-order valence-electron chi connectivity index (χ2n) is 4.67. The standard InChI is InChI=1S/C12H21NO4/c1-2-13(7-8-14)10(15)9-12(11(16)17)5-3-4-6-12/h14H,2-9H2,1H3,(H,16,17). The normalized spacial score (nSPS) is 18.0. The van der Waals surface area contributed by atoms with Crippen molar-refractivity contribution < 1.29 is 19.8 Å². The summed E-state index contributed by atoms with van der Waals surface area (Å²) in [6.45, 7) is 2.54. The number of hydrogen-bond acceptors (Lipinski definition) is 3. The number of carbonyl (C=O) groups is 2. The molecule has 0 aromatic carbocycles. The maximum atomic E-state index is 12.0. The second-order valence-corrected chi connectivity index (χ2v) is 4.67. The molecule has 0 aromatic rings. The van der Waals surface area contributed by atoms with Gasteiger partial charge in [0.25, 0.3) is 0 Å². The Hall–Kier alpha value is -1.10. The van der Waals surface area contributed by atoms with Gasteiger partial charge in [0.15, 0.2) is 0 Å². The Morgan fingerprint density at radius 2 is 1.88 bits per heavy atom. The molecule has 0 aliphatic heterocycles. The van der Waals surface area contributed by atoms with Gasteiger partial charge in [-0.1, -0.05) is 12.8 Å². The molecule has 98 valence electrons. The molecule has 1 rings (SSSR count). The molecule has 1 aliphatic carbocycles. The van der Waals surface area contributed by atoms with E-state index in [1.165, 1.54) is 4.90 Å². The molecule has 0 heterocycles. The van der Waals surface area contributed by atoms with Gasteiger partial charge in [-0.3, -0.25) is 9.59 Å². The van der Waals surface area contributed by atoms with Crippen LogP contribution in [-0.2, 0) is 9.59 Å². The number of hydrogen-bond donors (Lipinski definition) is 2. The smallest absolute Gasteiger partial charge is 0.310 e. The van der Waals surface area contributed by atoms with Crippen molar-refractivity contribution in [3.63, 3.8) is 0 Å². The molecular formula is C12H21NO4. The topological polar surface area (TPSA) is 77.8 Å². The summed E-state index contributed by atoms with van der Waals surface area (Å²) in [5, 5.41) is 18.1. The molecule has 5 nitrogen and oxygen atoms in total. The van der Waals surface area contributed by atoms with E-state index in [2.05, 4.69) is 0 Å². The first kappa shape index (κ1) is 14.0. The fraction of sp³-hybridized carbons (Fsp3) is 0.833. The van der Waals surface area contributed by atoms with Crippen LogP contribution in [-0.4, -0.2) is 46.7 Å². The summed E-state index contributed by atoms with van der Waals surface area (Å²) in [5.41, 5.74) is -0.861. The van der Waals surface area contributed by atoms with E-state index in [1.54, 1.807) is 0 Å². The predicted octanol–water partition coefficient (Wildman–Crippen LogP) is 0.862. The number of rotatable bonds is 6. The van der Waals surface area contributed by atoms with E-state index in [1.807, 2.05) is 6.92 Å². The van der Waals surface area contributed by atoms with Crippen molar-refractivity contribution in [3.05, 3.63) is 0 Å². The molecule has 1 fully saturated rings. The van der Waals surface area contributed by atoms with Crippen LogP contribution < -0.4 is 0 Å². The van der Waals surface area contributed by atoms with Gasteiger partial charge in [0.2, 0.25) is 5.91 Å². The maximum absolute atomic E-state index is 12.0. The largest absolute Gasteiger partial charge is 0.481 e. The summed E-state index contributed by atoms with van der Waals surface area (Å²) in [6.07, 6.45) is 3.00. The first-order valence-corrected chi connectivity index (χ1v) is 6.18. The molecule has 0 spiro atoms. The highest BCUT2D eigenvalue weighted by Gasteiger charge is 2.43. The molecular weight excluding hydrogens is 222 g/mol. The SMILES string of the molecule is CCN(CCO)C(=O)CC1(C(=O)O)CCCC1. The van der Waals surface area contributed by atoms with Gasteiger partial charge in [-0.2, -0.15) is 0 Å². The molecule has 5 heteroatoms. The Bertz CT molecular complexity index is 284. The third kappa shape index (κ3) is 3.19. The molecule has 0 saturated heterocycles. The third-order valence-corrected chi connectivity index (χ3v) is 3.61. The Kier molecular flexibility index (Phi) is 4.93. The number of nitrogens with zero attached hydrogens (tertiary/aromatic N) is 1. The molecule has 0 atom stereocenters. The fourth-order valence-corrected chi connectivity index (χ4v) is 2.50. The number of aliphatic carboxylic acids is 1. The highest BCUT2D eigenvalue weighted by molar-refractivity contribution is 5.85. The van der Waals surface area contributed by atoms with E-state index in [-0.39, 0.29) is 25.5 Å². The maximum Gasteiger partial charge on any atom is 0.310 e. The van der Waals surface area contributed by atoms with Crippen LogP contribution in [0.25, 0.3) is 0 Å². The summed E-state index contributed by atoms with van der Waals surface area (Å²) >= 11 is 0. The van der Waals surface area contributed by atoms with Crippen LogP contribution in [0, 0.1) is 5.41 Å². The molecule has 2 N–H and O–H groups in total. The first-order valence-electron chi connectivity index (χ1n) is 6.18. The summed E-state index contributed by atoms with van der Waals surface area (Å²) < 4.78 is 0. The van der Waals surface area contributed by atoms with Gasteiger partial charge in [0.05, 0.1) is 12.0 Å². The molecule has 1 aliphatic rings. The number of amides is 1. The number of likely N-dealkylation sites (N-methyl/N-ethyl adjacent to an activating group) is 1. The van der Waals surface area contributed by atoms with E-state index < -0.39 is 11.4 Å². The van der Waals surface area contributed by atoms with Crippen LogP contribution in [0.4, 0.5) is 0 Å². The molecule has 0 aromatic heterocycles. The Labute approximate surface area is 101 Å². The quantitative estimate of drug-likeness (QED) is 0.725. The lowest BCUT2D eigenvalue weighted by Gasteiger charge is -2.27. The number of aliphatic hydroxyl groups excluding tert-OH is 1. The summed E-state index contributed by atoms with van der Waals surface area (Å²) in [4.78, 5) is 24.8. The van der Waals surface area contributed by atoms with Crippen molar-refractivity contribution in [2.24, 2.45) is 5.41 Å². The predicted molar refractivity (Wildman–Crippen MR) is 62.5 cm³/mol. The summed E-state index contributed by atoms with van der Waals surface area (Å²) in [5.74, 6) is -1.02. The number of carboxylic acid groups (broad SMARTS) is 1. The van der Waals surface area contributed by atoms with E-state index >= 15 is 0 Å². The minimum Gasteiger partial charge on any atom is -0.481 e. The molecule has 1 amide bonds. The highest BCUT2D eigenvalue weighted by atomic mass is 16.4. The van der Waals surface area contributed by atoms with Crippen LogP contribution >= 0.6 is 0 Å². The molecule has 1 saturated carbocycles. The van der Waals surface area contributed by atoms with Crippen LogP contribution in [0.5, 0.6) is 0 Å². The summed E-state index contributed by atoms with van der Waals surface area (Å²) in [7, 11) is 0. The lowest BCUT2D eigenvalue weighted by Crippen LogP contribution is -2.39. The van der Waals surface area contributed by atoms with Gasteiger partial charge in [-0.25, -0.2) is 0 Å².